The Labute approximate surface area is 240 Å². The molecule has 0 saturated carbocycles. The Morgan fingerprint density at radius 2 is 1.98 bits per heavy atom. The van der Waals surface area contributed by atoms with Gasteiger partial charge in [-0.3, -0.25) is 9.20 Å². The summed E-state index contributed by atoms with van der Waals surface area (Å²) in [5, 5.41) is 14.4. The molecule has 5 rings (SSSR count). The van der Waals surface area contributed by atoms with Crippen molar-refractivity contribution in [1.82, 2.24) is 9.38 Å². The first-order chi connectivity index (χ1) is 19.9. The maximum absolute atomic E-state index is 12.1. The van der Waals surface area contributed by atoms with Crippen molar-refractivity contribution < 1.29 is 9.53 Å². The first kappa shape index (κ1) is 27.5. The number of ketones is 1. The molecule has 7 heteroatoms. The van der Waals surface area contributed by atoms with Gasteiger partial charge in [0.1, 0.15) is 11.3 Å². The summed E-state index contributed by atoms with van der Waals surface area (Å²) >= 11 is 0. The van der Waals surface area contributed by atoms with Crippen LogP contribution in [0.1, 0.15) is 54.7 Å². The normalized spacial score (nSPS) is 12.7. The largest absolute Gasteiger partial charge is 0.496 e. The van der Waals surface area contributed by atoms with Crippen LogP contribution in [0.25, 0.3) is 11.1 Å². The Bertz CT molecular complexity index is 1690. The molecule has 2 heterocycles. The summed E-state index contributed by atoms with van der Waals surface area (Å²) in [6.45, 7) is 7.91. The third kappa shape index (κ3) is 6.07. The van der Waals surface area contributed by atoms with Crippen molar-refractivity contribution in [2.45, 2.75) is 39.5 Å². The smallest absolute Gasteiger partial charge is 0.206 e. The van der Waals surface area contributed by atoms with E-state index in [1.54, 1.807) is 19.2 Å². The molecule has 0 saturated heterocycles. The van der Waals surface area contributed by atoms with Crippen LogP contribution in [-0.4, -0.2) is 28.0 Å². The number of nitrogens with one attached hydrogen (secondary N) is 3. The van der Waals surface area contributed by atoms with Crippen LogP contribution in [-0.2, 0) is 6.42 Å². The summed E-state index contributed by atoms with van der Waals surface area (Å²) in [5.41, 5.74) is 7.97. The minimum atomic E-state index is -0.276. The van der Waals surface area contributed by atoms with Crippen LogP contribution in [0.3, 0.4) is 0 Å². The molecule has 0 atom stereocenters. The lowest BCUT2D eigenvalue weighted by Crippen LogP contribution is -2.09. The Kier molecular flexibility index (Phi) is 8.02. The standard InChI is InChI=1S/C34H33N5O2/c1-5-8-24-12-17-29(20-32(24)41-4)37-34-31-11-7-18-39(31)21-30(38-34)27-10-6-9-26(19-27)23(3)36-28-15-13-25(14-16-28)33(40)22(2)35/h9,11-17,19-21,35-36H,3,5-6,8,10H2,1-2,4H3,(H,37,38). The van der Waals surface area contributed by atoms with E-state index in [1.165, 1.54) is 12.5 Å². The molecule has 2 aromatic carbocycles. The minimum Gasteiger partial charge on any atom is -0.496 e. The number of carbonyl (C=O) groups excluding carboxylic acids is 1. The summed E-state index contributed by atoms with van der Waals surface area (Å²) in [7, 11) is 1.70. The molecule has 206 valence electrons. The predicted molar refractivity (Wildman–Crippen MR) is 165 cm³/mol. The molecule has 0 amide bonds. The number of aryl methyl sites for hydroxylation is 1. The molecular formula is C34H33N5O2. The Balaban J connectivity index is 1.38. The van der Waals surface area contributed by atoms with E-state index in [-0.39, 0.29) is 11.5 Å². The molecule has 0 bridgehead atoms. The van der Waals surface area contributed by atoms with Crippen molar-refractivity contribution in [1.29, 1.82) is 5.41 Å². The number of Topliss-reactive ketones (excluding diaryl/α,β-unsaturated/α-hetero) is 1. The van der Waals surface area contributed by atoms with Crippen LogP contribution in [0.2, 0.25) is 0 Å². The van der Waals surface area contributed by atoms with E-state index in [0.717, 1.165) is 70.9 Å². The second-order valence-corrected chi connectivity index (χ2v) is 10.0. The summed E-state index contributed by atoms with van der Waals surface area (Å²) in [5.74, 6) is 1.30. The molecule has 1 aliphatic carbocycles. The lowest BCUT2D eigenvalue weighted by Gasteiger charge is -2.18. The van der Waals surface area contributed by atoms with Crippen LogP contribution in [0, 0.1) is 17.7 Å². The number of aromatic nitrogens is 2. The third-order valence-electron chi connectivity index (χ3n) is 7.02. The second kappa shape index (κ2) is 12.0. The van der Waals surface area contributed by atoms with Crippen molar-refractivity contribution in [3.8, 4) is 5.75 Å². The topological polar surface area (TPSA) is 91.5 Å². The van der Waals surface area contributed by atoms with Crippen molar-refractivity contribution in [2.24, 2.45) is 0 Å². The molecule has 0 aliphatic heterocycles. The summed E-state index contributed by atoms with van der Waals surface area (Å²) < 4.78 is 7.55. The number of rotatable bonds is 11. The van der Waals surface area contributed by atoms with E-state index in [1.807, 2.05) is 34.9 Å². The van der Waals surface area contributed by atoms with Gasteiger partial charge in [-0.2, -0.15) is 0 Å². The average molecular weight is 544 g/mol. The lowest BCUT2D eigenvalue weighted by atomic mass is 9.95. The number of fused-ring (bicyclic) bond motifs is 1. The van der Waals surface area contributed by atoms with Gasteiger partial charge < -0.3 is 20.8 Å². The van der Waals surface area contributed by atoms with Crippen molar-refractivity contribution in [3.63, 3.8) is 0 Å². The highest BCUT2D eigenvalue weighted by Crippen LogP contribution is 2.32. The molecule has 7 nitrogen and oxygen atoms in total. The summed E-state index contributed by atoms with van der Waals surface area (Å²) in [6.07, 6.45) is 13.1. The van der Waals surface area contributed by atoms with Gasteiger partial charge in [-0.1, -0.05) is 32.1 Å². The minimum absolute atomic E-state index is 0.0188. The van der Waals surface area contributed by atoms with Gasteiger partial charge in [0, 0.05) is 47.2 Å². The fourth-order valence-electron chi connectivity index (χ4n) is 4.88. The van der Waals surface area contributed by atoms with E-state index in [9.17, 15) is 4.79 Å². The Morgan fingerprint density at radius 3 is 2.71 bits per heavy atom. The quantitative estimate of drug-likeness (QED) is 0.134. The van der Waals surface area contributed by atoms with Gasteiger partial charge in [-0.05, 0) is 85.4 Å². The maximum Gasteiger partial charge on any atom is 0.206 e. The van der Waals surface area contributed by atoms with Crippen LogP contribution >= 0.6 is 0 Å². The van der Waals surface area contributed by atoms with Crippen LogP contribution in [0.4, 0.5) is 17.2 Å². The average Bonchev–Trinajstić information content (AvgIpc) is 3.47. The second-order valence-electron chi connectivity index (χ2n) is 10.0. The van der Waals surface area contributed by atoms with Crippen molar-refractivity contribution in [2.75, 3.05) is 17.7 Å². The zero-order valence-corrected chi connectivity index (χ0v) is 23.6. The molecule has 0 fully saturated rings. The molecule has 0 spiro atoms. The SMILES string of the molecule is C=C(Nc1ccc(C(=O)C(C)=N)cc1)C1=CCCC(c2cn3c#ccc3c(Nc3ccc(CCC)c(OC)c3)n2)=C1. The van der Waals surface area contributed by atoms with Crippen LogP contribution in [0.5, 0.6) is 5.75 Å². The molecule has 3 N–H and O–H groups in total. The Morgan fingerprint density at radius 1 is 1.20 bits per heavy atom. The summed E-state index contributed by atoms with van der Waals surface area (Å²) in [4.78, 5) is 17.1. The number of hydrogen-bond acceptors (Lipinski definition) is 6. The van der Waals surface area contributed by atoms with Gasteiger partial charge in [-0.15, -0.1) is 0 Å². The highest BCUT2D eigenvalue weighted by Gasteiger charge is 2.15. The zero-order chi connectivity index (χ0) is 28.9. The highest BCUT2D eigenvalue weighted by molar-refractivity contribution is 6.44. The fourth-order valence-corrected chi connectivity index (χ4v) is 4.88. The molecule has 0 radical (unpaired) electrons. The number of benzene rings is 2. The number of nitrogens with zero attached hydrogens (tertiary/aromatic N) is 2. The zero-order valence-electron chi connectivity index (χ0n) is 23.6. The molecular weight excluding hydrogens is 510 g/mol. The van der Waals surface area contributed by atoms with Gasteiger partial charge in [-0.25, -0.2) is 4.98 Å². The number of carbonyl (C=O) groups is 1. The number of ether oxygens (including phenoxy) is 1. The Hall–Kier alpha value is -5.09. The van der Waals surface area contributed by atoms with Gasteiger partial charge in [0.15, 0.2) is 5.82 Å². The van der Waals surface area contributed by atoms with Gasteiger partial charge >= 0.3 is 0 Å². The maximum atomic E-state index is 12.1. The van der Waals surface area contributed by atoms with Gasteiger partial charge in [0.25, 0.3) is 0 Å². The molecule has 1 aliphatic rings. The van der Waals surface area contributed by atoms with Crippen molar-refractivity contribution in [3.05, 3.63) is 114 Å². The van der Waals surface area contributed by atoms with E-state index in [2.05, 4.69) is 60.7 Å². The van der Waals surface area contributed by atoms with E-state index in [0.29, 0.717) is 11.4 Å². The molecule has 0 unspecified atom stereocenters. The van der Waals surface area contributed by atoms with E-state index >= 15 is 0 Å². The van der Waals surface area contributed by atoms with E-state index in [4.69, 9.17) is 15.1 Å². The number of methoxy groups -OCH3 is 1. The van der Waals surface area contributed by atoms with Crippen LogP contribution in [0.15, 0.2) is 84.7 Å². The first-order valence-corrected chi connectivity index (χ1v) is 13.7. The predicted octanol–water partition coefficient (Wildman–Crippen LogP) is 7.59. The van der Waals surface area contributed by atoms with Gasteiger partial charge in [0.05, 0.1) is 18.5 Å². The third-order valence-corrected chi connectivity index (χ3v) is 7.02. The van der Waals surface area contributed by atoms with Gasteiger partial charge in [0.2, 0.25) is 5.78 Å². The molecule has 4 aromatic rings. The highest BCUT2D eigenvalue weighted by atomic mass is 16.5. The number of allylic oxidation sites excluding steroid dienone is 3. The number of anilines is 3. The summed E-state index contributed by atoms with van der Waals surface area (Å²) in [6, 6.07) is 18.2. The molecule has 41 heavy (non-hydrogen) atoms. The number of hydrogen-bond donors (Lipinski definition) is 3. The fraction of sp³-hybridized carbons (Fsp3) is 0.206. The first-order valence-electron chi connectivity index (χ1n) is 13.7. The van der Waals surface area contributed by atoms with E-state index < -0.39 is 0 Å². The molecule has 2 aromatic heterocycles. The monoisotopic (exact) mass is 543 g/mol. The lowest BCUT2D eigenvalue weighted by molar-refractivity contribution is 0.106. The van der Waals surface area contributed by atoms with Crippen molar-refractivity contribution >= 4 is 39.8 Å². The van der Waals surface area contributed by atoms with Crippen LogP contribution < -0.4 is 15.4 Å².